The summed E-state index contributed by atoms with van der Waals surface area (Å²) in [7, 11) is 0. The van der Waals surface area contributed by atoms with E-state index in [1.807, 2.05) is 22.8 Å². The van der Waals surface area contributed by atoms with Crippen LogP contribution in [0.4, 0.5) is 0 Å². The lowest BCUT2D eigenvalue weighted by Gasteiger charge is -2.09. The molecule has 96 valence electrons. The van der Waals surface area contributed by atoms with E-state index in [-0.39, 0.29) is 0 Å². The number of aromatic nitrogens is 3. The van der Waals surface area contributed by atoms with Gasteiger partial charge in [-0.2, -0.15) is 5.10 Å². The third kappa shape index (κ3) is 2.95. The topological polar surface area (TPSA) is 33.6 Å². The molecule has 1 aromatic carbocycles. The van der Waals surface area contributed by atoms with Crippen LogP contribution in [0.15, 0.2) is 18.2 Å². The monoisotopic (exact) mass is 393 g/mol. The lowest BCUT2D eigenvalue weighted by atomic mass is 10.2. The van der Waals surface area contributed by atoms with Gasteiger partial charge in [0.1, 0.15) is 0 Å². The van der Waals surface area contributed by atoms with Gasteiger partial charge in [-0.15, -0.1) is 0 Å². The Morgan fingerprint density at radius 1 is 1.50 bits per heavy atom. The lowest BCUT2D eigenvalue weighted by molar-refractivity contribution is 0.521. The first kappa shape index (κ1) is 14.0. The van der Waals surface area contributed by atoms with E-state index < -0.39 is 0 Å². The van der Waals surface area contributed by atoms with Gasteiger partial charge in [0.15, 0.2) is 10.6 Å². The lowest BCUT2D eigenvalue weighted by Crippen LogP contribution is -2.06. The van der Waals surface area contributed by atoms with E-state index in [0.29, 0.717) is 10.7 Å². The summed E-state index contributed by atoms with van der Waals surface area (Å²) in [6.45, 7) is 5.15. The van der Waals surface area contributed by atoms with Crippen LogP contribution in [-0.2, 0) is 6.54 Å². The number of benzene rings is 1. The molecule has 0 radical (unpaired) electrons. The molecule has 0 aliphatic rings. The second-order valence-corrected chi connectivity index (χ2v) is 6.44. The number of hydrogen-bond acceptors (Lipinski definition) is 2. The number of nitrogens with zero attached hydrogens (tertiary/aromatic N) is 2. The molecule has 0 unspecified atom stereocenters. The Morgan fingerprint density at radius 3 is 2.83 bits per heavy atom. The van der Waals surface area contributed by atoms with Crippen molar-refractivity contribution >= 4 is 46.4 Å². The van der Waals surface area contributed by atoms with Crippen LogP contribution in [0.2, 0.25) is 5.02 Å². The Labute approximate surface area is 130 Å². The molecule has 0 saturated heterocycles. The minimum absolute atomic E-state index is 0.507. The number of aromatic amines is 1. The SMILES string of the molecule is CC(C)Cn1c(-c2ccc(I)c(Cl)c2)n[nH]c1=S. The van der Waals surface area contributed by atoms with Crippen molar-refractivity contribution in [2.75, 3.05) is 0 Å². The van der Waals surface area contributed by atoms with E-state index in [4.69, 9.17) is 23.8 Å². The molecule has 1 heterocycles. The minimum atomic E-state index is 0.507. The van der Waals surface area contributed by atoms with Gasteiger partial charge in [0.05, 0.1) is 5.02 Å². The summed E-state index contributed by atoms with van der Waals surface area (Å²) in [5.74, 6) is 1.35. The molecule has 0 fully saturated rings. The van der Waals surface area contributed by atoms with Crippen molar-refractivity contribution < 1.29 is 0 Å². The van der Waals surface area contributed by atoms with Crippen LogP contribution < -0.4 is 0 Å². The zero-order valence-corrected chi connectivity index (χ0v) is 13.8. The van der Waals surface area contributed by atoms with Crippen molar-refractivity contribution in [2.45, 2.75) is 20.4 Å². The van der Waals surface area contributed by atoms with Crippen LogP contribution in [-0.4, -0.2) is 14.8 Å². The second kappa shape index (κ2) is 5.71. The van der Waals surface area contributed by atoms with Gasteiger partial charge in [0.2, 0.25) is 0 Å². The van der Waals surface area contributed by atoms with Gasteiger partial charge in [-0.25, -0.2) is 0 Å². The van der Waals surface area contributed by atoms with Crippen LogP contribution in [0.1, 0.15) is 13.8 Å². The van der Waals surface area contributed by atoms with Gasteiger partial charge >= 0.3 is 0 Å². The summed E-state index contributed by atoms with van der Waals surface area (Å²) in [6, 6.07) is 5.91. The molecule has 0 saturated carbocycles. The van der Waals surface area contributed by atoms with Crippen LogP contribution in [0.5, 0.6) is 0 Å². The fraction of sp³-hybridized carbons (Fsp3) is 0.333. The average Bonchev–Trinajstić information content (AvgIpc) is 2.64. The molecule has 2 rings (SSSR count). The fourth-order valence-electron chi connectivity index (χ4n) is 1.71. The molecule has 0 aliphatic heterocycles. The molecule has 3 nitrogen and oxygen atoms in total. The summed E-state index contributed by atoms with van der Waals surface area (Å²) >= 11 is 13.6. The molecular formula is C12H13ClIN3S. The van der Waals surface area contributed by atoms with E-state index >= 15 is 0 Å². The number of hydrogen-bond donors (Lipinski definition) is 1. The normalized spacial score (nSPS) is 11.2. The largest absolute Gasteiger partial charge is 0.300 e. The predicted molar refractivity (Wildman–Crippen MR) is 85.4 cm³/mol. The van der Waals surface area contributed by atoms with E-state index in [1.165, 1.54) is 0 Å². The van der Waals surface area contributed by atoms with Crippen LogP contribution >= 0.6 is 46.4 Å². The molecule has 0 aliphatic carbocycles. The van der Waals surface area contributed by atoms with Gasteiger partial charge in [-0.3, -0.25) is 9.67 Å². The van der Waals surface area contributed by atoms with Gasteiger partial charge in [-0.1, -0.05) is 31.5 Å². The number of halogens is 2. The molecule has 0 bridgehead atoms. The number of H-pyrrole nitrogens is 1. The molecule has 2 aromatic rings. The molecule has 0 atom stereocenters. The van der Waals surface area contributed by atoms with Crippen molar-refractivity contribution in [3.05, 3.63) is 31.6 Å². The second-order valence-electron chi connectivity index (χ2n) is 4.49. The predicted octanol–water partition coefficient (Wildman–Crippen LogP) is 4.52. The van der Waals surface area contributed by atoms with Crippen molar-refractivity contribution in [3.63, 3.8) is 0 Å². The Hall–Kier alpha value is -0.400. The molecule has 1 N–H and O–H groups in total. The van der Waals surface area contributed by atoms with E-state index in [0.717, 1.165) is 26.5 Å². The summed E-state index contributed by atoms with van der Waals surface area (Å²) in [5.41, 5.74) is 0.980. The van der Waals surface area contributed by atoms with Gasteiger partial charge in [0.25, 0.3) is 0 Å². The van der Waals surface area contributed by atoms with Gasteiger partial charge < -0.3 is 0 Å². The first-order valence-corrected chi connectivity index (χ1v) is 7.46. The first-order valence-electron chi connectivity index (χ1n) is 5.59. The van der Waals surface area contributed by atoms with Gasteiger partial charge in [-0.05, 0) is 52.9 Å². The Morgan fingerprint density at radius 2 is 2.22 bits per heavy atom. The van der Waals surface area contributed by atoms with Crippen molar-refractivity contribution in [2.24, 2.45) is 5.92 Å². The Balaban J connectivity index is 2.50. The third-order valence-electron chi connectivity index (χ3n) is 2.48. The van der Waals surface area contributed by atoms with Crippen molar-refractivity contribution in [1.82, 2.24) is 14.8 Å². The summed E-state index contributed by atoms with van der Waals surface area (Å²) in [4.78, 5) is 0. The van der Waals surface area contributed by atoms with Crippen molar-refractivity contribution in [3.8, 4) is 11.4 Å². The zero-order valence-electron chi connectivity index (χ0n) is 10.1. The smallest absolute Gasteiger partial charge is 0.195 e. The zero-order chi connectivity index (χ0) is 13.3. The summed E-state index contributed by atoms with van der Waals surface area (Å²) in [6.07, 6.45) is 0. The molecular weight excluding hydrogens is 381 g/mol. The molecule has 0 amide bonds. The average molecular weight is 394 g/mol. The maximum atomic E-state index is 6.15. The molecule has 0 spiro atoms. The third-order valence-corrected chi connectivity index (χ3v) is 4.37. The van der Waals surface area contributed by atoms with Crippen LogP contribution in [0.3, 0.4) is 0 Å². The maximum Gasteiger partial charge on any atom is 0.195 e. The number of nitrogens with one attached hydrogen (secondary N) is 1. The van der Waals surface area contributed by atoms with Crippen LogP contribution in [0.25, 0.3) is 11.4 Å². The molecule has 1 aromatic heterocycles. The highest BCUT2D eigenvalue weighted by Gasteiger charge is 2.11. The summed E-state index contributed by atoms with van der Waals surface area (Å²) in [5, 5.41) is 7.87. The number of rotatable bonds is 3. The summed E-state index contributed by atoms with van der Waals surface area (Å²) < 4.78 is 3.69. The molecule has 18 heavy (non-hydrogen) atoms. The van der Waals surface area contributed by atoms with Crippen molar-refractivity contribution in [1.29, 1.82) is 0 Å². The van der Waals surface area contributed by atoms with E-state index in [2.05, 4.69) is 46.6 Å². The fourth-order valence-corrected chi connectivity index (χ4v) is 2.43. The Bertz CT molecular complexity index is 618. The maximum absolute atomic E-state index is 6.15. The standard InChI is InChI=1S/C12H13ClIN3S/c1-7(2)6-17-11(15-16-12(17)18)8-3-4-10(14)9(13)5-8/h3-5,7H,6H2,1-2H3,(H,16,18). The quantitative estimate of drug-likeness (QED) is 0.614. The van der Waals surface area contributed by atoms with Gasteiger partial charge in [0, 0.05) is 15.7 Å². The minimum Gasteiger partial charge on any atom is -0.300 e. The Kier molecular flexibility index (Phi) is 4.45. The first-order chi connectivity index (χ1) is 8.49. The highest BCUT2D eigenvalue weighted by atomic mass is 127. The molecule has 6 heteroatoms. The van der Waals surface area contributed by atoms with E-state index in [9.17, 15) is 0 Å². The van der Waals surface area contributed by atoms with E-state index in [1.54, 1.807) is 0 Å². The highest BCUT2D eigenvalue weighted by Crippen LogP contribution is 2.25. The highest BCUT2D eigenvalue weighted by molar-refractivity contribution is 14.1. The van der Waals surface area contributed by atoms with Crippen LogP contribution in [0, 0.1) is 14.3 Å².